The van der Waals surface area contributed by atoms with Crippen molar-refractivity contribution in [3.8, 4) is 0 Å². The lowest BCUT2D eigenvalue weighted by molar-refractivity contribution is 0.0698. The van der Waals surface area contributed by atoms with Crippen molar-refractivity contribution >= 4 is 27.6 Å². The normalized spacial score (nSPS) is 16.8. The molecule has 1 atom stereocenters. The molecule has 0 aromatic heterocycles. The molecule has 0 saturated heterocycles. The number of carbonyl (C=O) groups is 1. The average Bonchev–Trinajstić information content (AvgIpc) is 2.81. The lowest BCUT2D eigenvalue weighted by Crippen LogP contribution is -2.11. The third-order valence-electron chi connectivity index (χ3n) is 3.67. The van der Waals surface area contributed by atoms with Crippen LogP contribution < -0.4 is 5.32 Å². The van der Waals surface area contributed by atoms with E-state index in [4.69, 9.17) is 0 Å². The Morgan fingerprint density at radius 2 is 2.05 bits per heavy atom. The average molecular weight is 332 g/mol. The third kappa shape index (κ3) is 2.43. The van der Waals surface area contributed by atoms with Crippen LogP contribution in [-0.2, 0) is 6.42 Å². The Morgan fingerprint density at radius 1 is 1.25 bits per heavy atom. The fraction of sp³-hybridized carbons (Fsp3) is 0.188. The Kier molecular flexibility index (Phi) is 3.49. The molecule has 1 aliphatic carbocycles. The summed E-state index contributed by atoms with van der Waals surface area (Å²) in [7, 11) is 0. The first-order valence-corrected chi connectivity index (χ1v) is 7.31. The summed E-state index contributed by atoms with van der Waals surface area (Å²) >= 11 is 3.48. The van der Waals surface area contributed by atoms with E-state index in [0.717, 1.165) is 17.3 Å². The van der Waals surface area contributed by atoms with Gasteiger partial charge in [0, 0.05) is 10.2 Å². The first kappa shape index (κ1) is 13.2. The van der Waals surface area contributed by atoms with Crippen LogP contribution >= 0.6 is 15.9 Å². The van der Waals surface area contributed by atoms with Gasteiger partial charge in [-0.2, -0.15) is 0 Å². The number of halogens is 1. The first-order valence-electron chi connectivity index (χ1n) is 6.52. The van der Waals surface area contributed by atoms with Crippen LogP contribution in [0.15, 0.2) is 46.9 Å². The number of benzene rings is 2. The molecule has 1 unspecified atom stereocenters. The predicted molar refractivity (Wildman–Crippen MR) is 82.2 cm³/mol. The molecule has 0 heterocycles. The smallest absolute Gasteiger partial charge is 0.337 e. The number of hydrogen-bond acceptors (Lipinski definition) is 2. The van der Waals surface area contributed by atoms with Gasteiger partial charge in [-0.05, 0) is 48.2 Å². The van der Waals surface area contributed by atoms with E-state index in [1.54, 1.807) is 12.1 Å². The maximum atomic E-state index is 11.2. The molecular formula is C16H14BrNO2. The Labute approximate surface area is 125 Å². The van der Waals surface area contributed by atoms with Crippen molar-refractivity contribution in [3.63, 3.8) is 0 Å². The van der Waals surface area contributed by atoms with E-state index in [-0.39, 0.29) is 6.04 Å². The van der Waals surface area contributed by atoms with Crippen LogP contribution in [0.25, 0.3) is 0 Å². The SMILES string of the molecule is O=C(O)c1ccccc1NC1CCc2cc(Br)ccc21. The van der Waals surface area contributed by atoms with Crippen molar-refractivity contribution in [2.24, 2.45) is 0 Å². The summed E-state index contributed by atoms with van der Waals surface area (Å²) in [5.41, 5.74) is 3.58. The van der Waals surface area contributed by atoms with Gasteiger partial charge in [0.25, 0.3) is 0 Å². The number of carboxylic acids is 1. The topological polar surface area (TPSA) is 49.3 Å². The van der Waals surface area contributed by atoms with Crippen LogP contribution in [0.5, 0.6) is 0 Å². The van der Waals surface area contributed by atoms with Gasteiger partial charge in [-0.1, -0.05) is 34.1 Å². The molecule has 20 heavy (non-hydrogen) atoms. The number of para-hydroxylation sites is 1. The molecule has 0 saturated carbocycles. The molecule has 2 aromatic rings. The van der Waals surface area contributed by atoms with Gasteiger partial charge < -0.3 is 10.4 Å². The van der Waals surface area contributed by atoms with E-state index in [0.29, 0.717) is 11.3 Å². The molecule has 102 valence electrons. The van der Waals surface area contributed by atoms with E-state index >= 15 is 0 Å². The summed E-state index contributed by atoms with van der Waals surface area (Å²) < 4.78 is 1.09. The van der Waals surface area contributed by atoms with Gasteiger partial charge in [-0.3, -0.25) is 0 Å². The largest absolute Gasteiger partial charge is 0.478 e. The highest BCUT2D eigenvalue weighted by Crippen LogP contribution is 2.35. The minimum atomic E-state index is -0.901. The monoisotopic (exact) mass is 331 g/mol. The highest BCUT2D eigenvalue weighted by atomic mass is 79.9. The van der Waals surface area contributed by atoms with Gasteiger partial charge in [-0.25, -0.2) is 4.79 Å². The van der Waals surface area contributed by atoms with Crippen molar-refractivity contribution in [2.75, 3.05) is 5.32 Å². The van der Waals surface area contributed by atoms with Crippen molar-refractivity contribution in [1.29, 1.82) is 0 Å². The molecular weight excluding hydrogens is 318 g/mol. The van der Waals surface area contributed by atoms with Gasteiger partial charge in [0.1, 0.15) is 0 Å². The number of anilines is 1. The summed E-state index contributed by atoms with van der Waals surface area (Å²) in [6.45, 7) is 0. The molecule has 2 N–H and O–H groups in total. The Bertz CT molecular complexity index is 669. The quantitative estimate of drug-likeness (QED) is 0.884. The summed E-state index contributed by atoms with van der Waals surface area (Å²) in [5, 5.41) is 12.6. The van der Waals surface area contributed by atoms with E-state index in [9.17, 15) is 9.90 Å². The summed E-state index contributed by atoms with van der Waals surface area (Å²) in [5.74, 6) is -0.901. The Hall–Kier alpha value is -1.81. The van der Waals surface area contributed by atoms with Crippen LogP contribution in [0.1, 0.15) is 33.9 Å². The molecule has 0 aliphatic heterocycles. The Balaban J connectivity index is 1.90. The van der Waals surface area contributed by atoms with Gasteiger partial charge in [-0.15, -0.1) is 0 Å². The standard InChI is InChI=1S/C16H14BrNO2/c17-11-6-7-12-10(9-11)5-8-15(12)18-14-4-2-1-3-13(14)16(19)20/h1-4,6-7,9,15,18H,5,8H2,(H,19,20). The van der Waals surface area contributed by atoms with Crippen LogP contribution in [0, 0.1) is 0 Å². The van der Waals surface area contributed by atoms with Crippen LogP contribution in [0.2, 0.25) is 0 Å². The van der Waals surface area contributed by atoms with Gasteiger partial charge >= 0.3 is 5.97 Å². The molecule has 4 heteroatoms. The summed E-state index contributed by atoms with van der Waals surface area (Å²) in [6, 6.07) is 13.5. The van der Waals surface area contributed by atoms with Gasteiger partial charge in [0.15, 0.2) is 0 Å². The summed E-state index contributed by atoms with van der Waals surface area (Å²) in [6.07, 6.45) is 2.00. The molecule has 2 aromatic carbocycles. The molecule has 0 radical (unpaired) electrons. The van der Waals surface area contributed by atoms with Gasteiger partial charge in [0.2, 0.25) is 0 Å². The molecule has 0 spiro atoms. The Morgan fingerprint density at radius 3 is 2.85 bits per heavy atom. The first-order chi connectivity index (χ1) is 9.65. The third-order valence-corrected chi connectivity index (χ3v) is 4.16. The van der Waals surface area contributed by atoms with Crippen molar-refractivity contribution < 1.29 is 9.90 Å². The maximum Gasteiger partial charge on any atom is 0.337 e. The van der Waals surface area contributed by atoms with E-state index in [2.05, 4.69) is 33.4 Å². The number of aryl methyl sites for hydroxylation is 1. The number of nitrogens with one attached hydrogen (secondary N) is 1. The lowest BCUT2D eigenvalue weighted by atomic mass is 10.1. The van der Waals surface area contributed by atoms with Crippen molar-refractivity contribution in [2.45, 2.75) is 18.9 Å². The van der Waals surface area contributed by atoms with Crippen molar-refractivity contribution in [1.82, 2.24) is 0 Å². The molecule has 0 bridgehead atoms. The van der Waals surface area contributed by atoms with Crippen LogP contribution in [0.3, 0.4) is 0 Å². The number of fused-ring (bicyclic) bond motifs is 1. The second-order valence-electron chi connectivity index (χ2n) is 4.93. The fourth-order valence-electron chi connectivity index (χ4n) is 2.72. The minimum Gasteiger partial charge on any atom is -0.478 e. The molecule has 3 rings (SSSR count). The fourth-order valence-corrected chi connectivity index (χ4v) is 3.13. The molecule has 0 fully saturated rings. The second kappa shape index (κ2) is 5.29. The minimum absolute atomic E-state index is 0.179. The van der Waals surface area contributed by atoms with Crippen LogP contribution in [-0.4, -0.2) is 11.1 Å². The lowest BCUT2D eigenvalue weighted by Gasteiger charge is -2.17. The highest BCUT2D eigenvalue weighted by molar-refractivity contribution is 9.10. The van der Waals surface area contributed by atoms with Crippen molar-refractivity contribution in [3.05, 3.63) is 63.6 Å². The van der Waals surface area contributed by atoms with Gasteiger partial charge in [0.05, 0.1) is 11.6 Å². The van der Waals surface area contributed by atoms with E-state index in [1.165, 1.54) is 11.1 Å². The van der Waals surface area contributed by atoms with E-state index in [1.807, 2.05) is 18.2 Å². The van der Waals surface area contributed by atoms with Crippen LogP contribution in [0.4, 0.5) is 5.69 Å². The second-order valence-corrected chi connectivity index (χ2v) is 5.85. The van der Waals surface area contributed by atoms with E-state index < -0.39 is 5.97 Å². The zero-order chi connectivity index (χ0) is 14.1. The molecule has 0 amide bonds. The molecule has 1 aliphatic rings. The predicted octanol–water partition coefficient (Wildman–Crippen LogP) is 4.25. The highest BCUT2D eigenvalue weighted by Gasteiger charge is 2.23. The number of rotatable bonds is 3. The number of aromatic carboxylic acids is 1. The zero-order valence-corrected chi connectivity index (χ0v) is 12.4. The molecule has 3 nitrogen and oxygen atoms in total. The number of hydrogen-bond donors (Lipinski definition) is 2. The summed E-state index contributed by atoms with van der Waals surface area (Å²) in [4.78, 5) is 11.2. The number of carboxylic acid groups (broad SMARTS) is 1. The maximum absolute atomic E-state index is 11.2. The zero-order valence-electron chi connectivity index (χ0n) is 10.8.